The smallest absolute Gasteiger partial charge is 0.317 e. The normalized spacial score (nSPS) is 20.3. The number of amides is 1. The van der Waals surface area contributed by atoms with Crippen molar-refractivity contribution in [2.24, 2.45) is 0 Å². The Balaban J connectivity index is 0.00000312. The predicted octanol–water partition coefficient (Wildman–Crippen LogP) is 2.07. The summed E-state index contributed by atoms with van der Waals surface area (Å²) in [6.45, 7) is 5.25. The van der Waals surface area contributed by atoms with Crippen molar-refractivity contribution in [2.75, 3.05) is 39.8 Å². The maximum absolute atomic E-state index is 12.7. The summed E-state index contributed by atoms with van der Waals surface area (Å²) in [6.07, 6.45) is 7.98. The van der Waals surface area contributed by atoms with Crippen molar-refractivity contribution < 1.29 is 14.7 Å². The van der Waals surface area contributed by atoms with Crippen molar-refractivity contribution >= 4 is 24.3 Å². The van der Waals surface area contributed by atoms with Crippen LogP contribution in [0.4, 0.5) is 0 Å². The Kier molecular flexibility index (Phi) is 9.75. The van der Waals surface area contributed by atoms with Crippen LogP contribution in [0.2, 0.25) is 0 Å². The zero-order chi connectivity index (χ0) is 17.5. The molecule has 2 rings (SSSR count). The number of likely N-dealkylation sites (N-methyl/N-ethyl adjacent to an activating group) is 2. The van der Waals surface area contributed by atoms with Crippen molar-refractivity contribution in [3.8, 4) is 0 Å². The highest BCUT2D eigenvalue weighted by atomic mass is 35.5. The Bertz CT molecular complexity index is 422. The second kappa shape index (κ2) is 11.0. The molecular formula is C18H34ClN3O3. The minimum atomic E-state index is -0.777. The van der Waals surface area contributed by atoms with Gasteiger partial charge >= 0.3 is 5.97 Å². The number of rotatable bonds is 7. The molecule has 1 amide bonds. The molecule has 0 aromatic rings. The summed E-state index contributed by atoms with van der Waals surface area (Å²) < 4.78 is 0. The molecule has 1 saturated heterocycles. The van der Waals surface area contributed by atoms with E-state index >= 15 is 0 Å². The molecule has 6 nitrogen and oxygen atoms in total. The van der Waals surface area contributed by atoms with Crippen LogP contribution in [0.25, 0.3) is 0 Å². The lowest BCUT2D eigenvalue weighted by atomic mass is 9.94. The second-order valence-corrected chi connectivity index (χ2v) is 7.29. The van der Waals surface area contributed by atoms with E-state index in [1.165, 1.54) is 19.3 Å². The van der Waals surface area contributed by atoms with Crippen molar-refractivity contribution in [1.82, 2.24) is 14.7 Å². The quantitative estimate of drug-likeness (QED) is 0.738. The zero-order valence-corrected chi connectivity index (χ0v) is 16.5. The molecule has 25 heavy (non-hydrogen) atoms. The van der Waals surface area contributed by atoms with Gasteiger partial charge in [-0.1, -0.05) is 19.3 Å². The highest BCUT2D eigenvalue weighted by molar-refractivity contribution is 5.85. The van der Waals surface area contributed by atoms with Gasteiger partial charge in [0.25, 0.3) is 0 Å². The lowest BCUT2D eigenvalue weighted by molar-refractivity contribution is -0.138. The number of carboxylic acid groups (broad SMARTS) is 1. The maximum atomic E-state index is 12.7. The Morgan fingerprint density at radius 2 is 1.64 bits per heavy atom. The fourth-order valence-electron chi connectivity index (χ4n) is 4.17. The van der Waals surface area contributed by atoms with Gasteiger partial charge in [-0.25, -0.2) is 0 Å². The average molecular weight is 376 g/mol. The predicted molar refractivity (Wildman–Crippen MR) is 101 cm³/mol. The maximum Gasteiger partial charge on any atom is 0.317 e. The zero-order valence-electron chi connectivity index (χ0n) is 15.7. The lowest BCUT2D eigenvalue weighted by Gasteiger charge is -2.38. The summed E-state index contributed by atoms with van der Waals surface area (Å²) in [5, 5.41) is 8.90. The van der Waals surface area contributed by atoms with Gasteiger partial charge < -0.3 is 10.0 Å². The molecular weight excluding hydrogens is 342 g/mol. The van der Waals surface area contributed by atoms with Crippen LogP contribution >= 0.6 is 12.4 Å². The van der Waals surface area contributed by atoms with E-state index in [0.29, 0.717) is 18.6 Å². The van der Waals surface area contributed by atoms with Crippen LogP contribution in [-0.2, 0) is 9.59 Å². The third-order valence-corrected chi connectivity index (χ3v) is 5.60. The van der Waals surface area contributed by atoms with E-state index < -0.39 is 5.97 Å². The number of halogens is 1. The fraction of sp³-hybridized carbons (Fsp3) is 0.889. The summed E-state index contributed by atoms with van der Waals surface area (Å²) in [4.78, 5) is 29.8. The van der Waals surface area contributed by atoms with Crippen LogP contribution in [-0.4, -0.2) is 83.5 Å². The van der Waals surface area contributed by atoms with Crippen molar-refractivity contribution in [1.29, 1.82) is 0 Å². The molecule has 146 valence electrons. The molecule has 0 bridgehead atoms. The summed E-state index contributed by atoms with van der Waals surface area (Å²) in [5.41, 5.74) is 0. The van der Waals surface area contributed by atoms with Crippen LogP contribution in [0.1, 0.15) is 51.9 Å². The monoisotopic (exact) mass is 375 g/mol. The number of nitrogens with zero attached hydrogens (tertiary/aromatic N) is 3. The number of hydrogen-bond donors (Lipinski definition) is 1. The van der Waals surface area contributed by atoms with Gasteiger partial charge in [0, 0.05) is 31.7 Å². The number of piperidine rings is 1. The molecule has 0 aromatic carbocycles. The standard InChI is InChI=1S/C18H33N3O3.ClH/c1-3-21(16-7-5-4-6-8-16)17(22)13-20-11-9-15(10-12-20)19(2)14-18(23)24;/h15-16H,3-14H2,1-2H3,(H,23,24);1H. The highest BCUT2D eigenvalue weighted by Gasteiger charge is 2.28. The Morgan fingerprint density at radius 3 is 2.16 bits per heavy atom. The number of likely N-dealkylation sites (tertiary alicyclic amines) is 1. The van der Waals surface area contributed by atoms with Gasteiger partial charge in [-0.15, -0.1) is 12.4 Å². The lowest BCUT2D eigenvalue weighted by Crippen LogP contribution is -2.50. The number of aliphatic carboxylic acids is 1. The molecule has 0 radical (unpaired) electrons. The first-order valence-electron chi connectivity index (χ1n) is 9.45. The Morgan fingerprint density at radius 1 is 1.04 bits per heavy atom. The van der Waals surface area contributed by atoms with Gasteiger partial charge in [-0.05, 0) is 39.7 Å². The molecule has 1 heterocycles. The van der Waals surface area contributed by atoms with Gasteiger partial charge in [0.15, 0.2) is 0 Å². The second-order valence-electron chi connectivity index (χ2n) is 7.29. The first-order valence-corrected chi connectivity index (χ1v) is 9.45. The molecule has 0 atom stereocenters. The van der Waals surface area contributed by atoms with E-state index in [-0.39, 0.29) is 24.9 Å². The highest BCUT2D eigenvalue weighted by Crippen LogP contribution is 2.23. The van der Waals surface area contributed by atoms with E-state index in [1.54, 1.807) is 0 Å². The third-order valence-electron chi connectivity index (χ3n) is 5.60. The summed E-state index contributed by atoms with van der Waals surface area (Å²) >= 11 is 0. The molecule has 0 unspecified atom stereocenters. The van der Waals surface area contributed by atoms with Crippen molar-refractivity contribution in [2.45, 2.75) is 64.0 Å². The Labute approximate surface area is 157 Å². The molecule has 1 saturated carbocycles. The van der Waals surface area contributed by atoms with E-state index in [1.807, 2.05) is 11.9 Å². The minimum Gasteiger partial charge on any atom is -0.480 e. The van der Waals surface area contributed by atoms with Gasteiger partial charge in [-0.2, -0.15) is 0 Å². The van der Waals surface area contributed by atoms with Crippen molar-refractivity contribution in [3.05, 3.63) is 0 Å². The number of carboxylic acids is 1. The van der Waals surface area contributed by atoms with Gasteiger partial charge in [0.1, 0.15) is 0 Å². The SMILES string of the molecule is CCN(C(=O)CN1CCC(N(C)CC(=O)O)CC1)C1CCCCC1.Cl. The number of carbonyl (C=O) groups excluding carboxylic acids is 1. The fourth-order valence-corrected chi connectivity index (χ4v) is 4.17. The van der Waals surface area contributed by atoms with E-state index in [4.69, 9.17) is 5.11 Å². The average Bonchev–Trinajstić information content (AvgIpc) is 2.56. The molecule has 2 fully saturated rings. The molecule has 7 heteroatoms. The summed E-state index contributed by atoms with van der Waals surface area (Å²) in [7, 11) is 1.88. The van der Waals surface area contributed by atoms with Crippen LogP contribution in [0, 0.1) is 0 Å². The van der Waals surface area contributed by atoms with E-state index in [9.17, 15) is 9.59 Å². The summed E-state index contributed by atoms with van der Waals surface area (Å²) in [6, 6.07) is 0.753. The van der Waals surface area contributed by atoms with Crippen LogP contribution < -0.4 is 0 Å². The summed E-state index contributed by atoms with van der Waals surface area (Å²) in [5.74, 6) is -0.511. The first kappa shape index (κ1) is 22.2. The minimum absolute atomic E-state index is 0. The van der Waals surface area contributed by atoms with Gasteiger partial charge in [-0.3, -0.25) is 19.4 Å². The molecule has 2 aliphatic rings. The van der Waals surface area contributed by atoms with Crippen LogP contribution in [0.3, 0.4) is 0 Å². The topological polar surface area (TPSA) is 64.1 Å². The van der Waals surface area contributed by atoms with E-state index in [0.717, 1.165) is 45.3 Å². The number of carbonyl (C=O) groups is 2. The number of hydrogen-bond acceptors (Lipinski definition) is 4. The molecule has 1 N–H and O–H groups in total. The third kappa shape index (κ3) is 6.76. The molecule has 1 aliphatic heterocycles. The van der Waals surface area contributed by atoms with Crippen molar-refractivity contribution in [3.63, 3.8) is 0 Å². The van der Waals surface area contributed by atoms with Gasteiger partial charge in [0.2, 0.25) is 5.91 Å². The first-order chi connectivity index (χ1) is 11.5. The molecule has 1 aliphatic carbocycles. The largest absolute Gasteiger partial charge is 0.480 e. The van der Waals surface area contributed by atoms with Crippen LogP contribution in [0.15, 0.2) is 0 Å². The van der Waals surface area contributed by atoms with Gasteiger partial charge in [0.05, 0.1) is 13.1 Å². The Hall–Kier alpha value is -0.850. The molecule has 0 spiro atoms. The van der Waals surface area contributed by atoms with Crippen LogP contribution in [0.5, 0.6) is 0 Å². The molecule has 0 aromatic heterocycles. The van der Waals surface area contributed by atoms with E-state index in [2.05, 4.69) is 16.7 Å².